The van der Waals surface area contributed by atoms with E-state index in [0.717, 1.165) is 11.3 Å². The minimum atomic E-state index is -0.651. The predicted octanol–water partition coefficient (Wildman–Crippen LogP) is 5.99. The van der Waals surface area contributed by atoms with Crippen molar-refractivity contribution < 1.29 is 18.4 Å². The van der Waals surface area contributed by atoms with Crippen LogP contribution in [0.1, 0.15) is 66.9 Å². The van der Waals surface area contributed by atoms with Gasteiger partial charge >= 0.3 is 0 Å². The molecule has 0 bridgehead atoms. The van der Waals surface area contributed by atoms with Crippen LogP contribution in [-0.4, -0.2) is 62.0 Å². The van der Waals surface area contributed by atoms with E-state index in [1.807, 2.05) is 47.6 Å². The highest BCUT2D eigenvalue weighted by Gasteiger charge is 2.40. The van der Waals surface area contributed by atoms with E-state index in [2.05, 4.69) is 10.2 Å². The monoisotopic (exact) mass is 551 g/mol. The molecule has 0 unspecified atom stereocenters. The number of hydrogen-bond donors (Lipinski definition) is 1. The number of pyridine rings is 1. The normalized spacial score (nSPS) is 15.7. The molecule has 1 N–H and O–H groups in total. The Hall–Kier alpha value is -3.72. The molecule has 4 heterocycles. The summed E-state index contributed by atoms with van der Waals surface area (Å²) in [6.07, 6.45) is 0. The van der Waals surface area contributed by atoms with Crippen molar-refractivity contribution in [1.29, 1.82) is 0 Å². The van der Waals surface area contributed by atoms with Gasteiger partial charge in [-0.05, 0) is 50.5 Å². The van der Waals surface area contributed by atoms with Crippen LogP contribution in [0.3, 0.4) is 0 Å². The molecule has 1 fully saturated rings. The molecule has 1 aliphatic heterocycles. The highest BCUT2D eigenvalue weighted by atomic mass is 35.5. The zero-order chi connectivity index (χ0) is 28.3. The fourth-order valence-electron chi connectivity index (χ4n) is 5.01. The van der Waals surface area contributed by atoms with Crippen LogP contribution in [0.15, 0.2) is 40.8 Å². The van der Waals surface area contributed by atoms with E-state index in [-0.39, 0.29) is 28.0 Å². The molecule has 0 spiro atoms. The number of aryl methyl sites for hydroxylation is 1. The summed E-state index contributed by atoms with van der Waals surface area (Å²) in [4.78, 5) is 34.9. The Morgan fingerprint density at radius 3 is 2.46 bits per heavy atom. The third kappa shape index (κ3) is 5.03. The summed E-state index contributed by atoms with van der Waals surface area (Å²) in [7, 11) is 0. The van der Waals surface area contributed by atoms with Crippen molar-refractivity contribution >= 4 is 34.5 Å². The standard InChI is InChI=1S/C29H31ClFN5O3/c1-16-11-23(34-33-16)26(37)35-9-10-36(29(5,6)15-35)27(38)24-14-22-25(39-24)18(28(2,3)4)13-21(32-22)17-7-8-19(30)20(31)12-17/h7-8,11-14H,9-10,15H2,1-6H3,(H,33,34). The average Bonchev–Trinajstić information content (AvgIpc) is 3.49. The molecule has 5 rings (SSSR count). The second-order valence-corrected chi connectivity index (χ2v) is 12.1. The summed E-state index contributed by atoms with van der Waals surface area (Å²) in [5, 5.41) is 6.92. The summed E-state index contributed by atoms with van der Waals surface area (Å²) in [5.41, 5.74) is 3.19. The van der Waals surface area contributed by atoms with Crippen LogP contribution in [-0.2, 0) is 5.41 Å². The lowest BCUT2D eigenvalue weighted by Crippen LogP contribution is -2.62. The summed E-state index contributed by atoms with van der Waals surface area (Å²) in [6.45, 7) is 12.9. The van der Waals surface area contributed by atoms with Gasteiger partial charge in [0, 0.05) is 42.5 Å². The first kappa shape index (κ1) is 26.9. The van der Waals surface area contributed by atoms with Crippen LogP contribution in [0.4, 0.5) is 4.39 Å². The lowest BCUT2D eigenvalue weighted by atomic mass is 9.86. The Morgan fingerprint density at radius 1 is 1.10 bits per heavy atom. The number of amides is 2. The number of nitrogens with zero attached hydrogens (tertiary/aromatic N) is 4. The molecule has 8 nitrogen and oxygen atoms in total. The van der Waals surface area contributed by atoms with Crippen molar-refractivity contribution in [2.75, 3.05) is 19.6 Å². The number of piperazine rings is 1. The molecule has 1 saturated heterocycles. The maximum atomic E-state index is 14.2. The van der Waals surface area contributed by atoms with Crippen LogP contribution < -0.4 is 0 Å². The number of nitrogens with one attached hydrogen (secondary N) is 1. The largest absolute Gasteiger partial charge is 0.449 e. The maximum absolute atomic E-state index is 14.2. The van der Waals surface area contributed by atoms with Gasteiger partial charge < -0.3 is 14.2 Å². The SMILES string of the molecule is Cc1cc(C(=O)N2CCN(C(=O)c3cc4nc(-c5ccc(Cl)c(F)c5)cc(C(C)(C)C)c4o3)C(C)(C)C2)n[nH]1. The number of carbonyl (C=O) groups excluding carboxylic acids is 2. The minimum absolute atomic E-state index is 0.0379. The lowest BCUT2D eigenvalue weighted by Gasteiger charge is -2.46. The smallest absolute Gasteiger partial charge is 0.290 e. The summed E-state index contributed by atoms with van der Waals surface area (Å²) in [5.74, 6) is -0.815. The number of carbonyl (C=O) groups is 2. The zero-order valence-corrected chi connectivity index (χ0v) is 23.6. The number of fused-ring (bicyclic) bond motifs is 1. The Kier molecular flexibility index (Phi) is 6.53. The number of rotatable bonds is 3. The molecule has 2 amide bonds. The van der Waals surface area contributed by atoms with Gasteiger partial charge in [-0.2, -0.15) is 5.10 Å². The number of aromatic amines is 1. The molecule has 3 aromatic heterocycles. The van der Waals surface area contributed by atoms with E-state index in [9.17, 15) is 14.0 Å². The molecule has 0 radical (unpaired) electrons. The van der Waals surface area contributed by atoms with Crippen molar-refractivity contribution in [3.8, 4) is 11.3 Å². The predicted molar refractivity (Wildman–Crippen MR) is 147 cm³/mol. The molecular weight excluding hydrogens is 521 g/mol. The van der Waals surface area contributed by atoms with E-state index in [0.29, 0.717) is 47.7 Å². The quantitative estimate of drug-likeness (QED) is 0.337. The van der Waals surface area contributed by atoms with Gasteiger partial charge in [-0.1, -0.05) is 38.4 Å². The number of aromatic nitrogens is 3. The van der Waals surface area contributed by atoms with Crippen molar-refractivity contribution in [3.63, 3.8) is 0 Å². The minimum Gasteiger partial charge on any atom is -0.449 e. The van der Waals surface area contributed by atoms with Gasteiger partial charge in [0.25, 0.3) is 11.8 Å². The zero-order valence-electron chi connectivity index (χ0n) is 22.9. The molecule has 4 aromatic rings. The number of halogens is 2. The lowest BCUT2D eigenvalue weighted by molar-refractivity contribution is 0.0148. The third-order valence-corrected chi connectivity index (χ3v) is 7.38. The van der Waals surface area contributed by atoms with Crippen LogP contribution in [0.2, 0.25) is 5.02 Å². The fourth-order valence-corrected chi connectivity index (χ4v) is 5.13. The number of furan rings is 1. The second-order valence-electron chi connectivity index (χ2n) is 11.7. The number of benzene rings is 1. The van der Waals surface area contributed by atoms with E-state index in [4.69, 9.17) is 21.0 Å². The molecule has 0 aliphatic carbocycles. The molecule has 10 heteroatoms. The van der Waals surface area contributed by atoms with Gasteiger partial charge in [0.05, 0.1) is 16.3 Å². The highest BCUT2D eigenvalue weighted by molar-refractivity contribution is 6.30. The van der Waals surface area contributed by atoms with Gasteiger partial charge in [0.1, 0.15) is 17.0 Å². The molecule has 204 valence electrons. The molecule has 39 heavy (non-hydrogen) atoms. The number of hydrogen-bond acceptors (Lipinski definition) is 5. The number of H-pyrrole nitrogens is 1. The summed E-state index contributed by atoms with van der Waals surface area (Å²) >= 11 is 5.88. The first-order valence-corrected chi connectivity index (χ1v) is 13.2. The highest BCUT2D eigenvalue weighted by Crippen LogP contribution is 2.36. The molecular formula is C29H31ClFN5O3. The van der Waals surface area contributed by atoms with E-state index < -0.39 is 11.4 Å². The summed E-state index contributed by atoms with van der Waals surface area (Å²) < 4.78 is 20.4. The van der Waals surface area contributed by atoms with Crippen LogP contribution in [0, 0.1) is 12.7 Å². The van der Waals surface area contributed by atoms with Gasteiger partial charge in [0.2, 0.25) is 0 Å². The van der Waals surface area contributed by atoms with Gasteiger partial charge in [-0.3, -0.25) is 14.7 Å². The van der Waals surface area contributed by atoms with Gasteiger partial charge in [-0.25, -0.2) is 9.37 Å². The van der Waals surface area contributed by atoms with Crippen molar-refractivity contribution in [2.45, 2.75) is 52.5 Å². The third-order valence-electron chi connectivity index (χ3n) is 7.07. The molecule has 1 aromatic carbocycles. The van der Waals surface area contributed by atoms with Crippen LogP contribution >= 0.6 is 11.6 Å². The van der Waals surface area contributed by atoms with Gasteiger partial charge in [0.15, 0.2) is 11.3 Å². The van der Waals surface area contributed by atoms with E-state index in [1.165, 1.54) is 12.1 Å². The Bertz CT molecular complexity index is 1600. The molecule has 0 saturated carbocycles. The van der Waals surface area contributed by atoms with Crippen LogP contribution in [0.25, 0.3) is 22.4 Å². The molecule has 1 aliphatic rings. The van der Waals surface area contributed by atoms with Crippen molar-refractivity contribution in [1.82, 2.24) is 25.0 Å². The average molecular weight is 552 g/mol. The Morgan fingerprint density at radius 2 is 1.85 bits per heavy atom. The van der Waals surface area contributed by atoms with E-state index >= 15 is 0 Å². The first-order chi connectivity index (χ1) is 18.2. The van der Waals surface area contributed by atoms with Gasteiger partial charge in [-0.15, -0.1) is 0 Å². The molecule has 0 atom stereocenters. The topological polar surface area (TPSA) is 95.3 Å². The van der Waals surface area contributed by atoms with Crippen molar-refractivity contribution in [2.24, 2.45) is 0 Å². The summed E-state index contributed by atoms with van der Waals surface area (Å²) in [6, 6.07) is 9.79. The van der Waals surface area contributed by atoms with E-state index in [1.54, 1.807) is 28.0 Å². The fraction of sp³-hybridized carbons (Fsp3) is 0.379. The van der Waals surface area contributed by atoms with Crippen LogP contribution in [0.5, 0.6) is 0 Å². The first-order valence-electron chi connectivity index (χ1n) is 12.8. The Labute approximate surface area is 231 Å². The second kappa shape index (κ2) is 9.48. The maximum Gasteiger partial charge on any atom is 0.290 e. The van der Waals surface area contributed by atoms with Crippen molar-refractivity contribution in [3.05, 3.63) is 69.9 Å². The Balaban J connectivity index is 1.47.